The van der Waals surface area contributed by atoms with Crippen LogP contribution in [-0.2, 0) is 22.6 Å². The van der Waals surface area contributed by atoms with Crippen molar-refractivity contribution in [2.75, 3.05) is 13.2 Å². The van der Waals surface area contributed by atoms with Crippen molar-refractivity contribution in [3.63, 3.8) is 0 Å². The molecule has 0 aromatic carbocycles. The first kappa shape index (κ1) is 5.11. The van der Waals surface area contributed by atoms with Crippen molar-refractivity contribution in [3.05, 3.63) is 0 Å². The van der Waals surface area contributed by atoms with Gasteiger partial charge in [-0.3, -0.25) is 0 Å². The zero-order chi connectivity index (χ0) is 5.11. The van der Waals surface area contributed by atoms with Crippen LogP contribution in [0.5, 0.6) is 0 Å². The molecule has 0 saturated carbocycles. The van der Waals surface area contributed by atoms with Crippen LogP contribution in [0, 0.1) is 0 Å². The number of aliphatic imine (C=N–C) groups is 1. The van der Waals surface area contributed by atoms with E-state index in [2.05, 4.69) is 22.8 Å². The van der Waals surface area contributed by atoms with Crippen LogP contribution in [0.3, 0.4) is 0 Å². The maximum absolute atomic E-state index is 4.97. The van der Waals surface area contributed by atoms with Crippen molar-refractivity contribution in [1.29, 1.82) is 0 Å². The molecule has 1 rings (SSSR count). The maximum atomic E-state index is 4.97. The minimum absolute atomic E-state index is 0.743. The summed E-state index contributed by atoms with van der Waals surface area (Å²) in [6.45, 7) is 1.56. The fourth-order valence-corrected chi connectivity index (χ4v) is 0.696. The number of nitrogens with zero attached hydrogens (tertiary/aromatic N) is 1. The molecule has 0 aromatic rings. The van der Waals surface area contributed by atoms with E-state index in [-0.39, 0.29) is 0 Å². The van der Waals surface area contributed by atoms with Crippen molar-refractivity contribution in [1.82, 2.24) is 0 Å². The van der Waals surface area contributed by atoms with E-state index >= 15 is 0 Å². The van der Waals surface area contributed by atoms with Gasteiger partial charge in [-0.2, -0.15) is 0 Å². The average Bonchev–Trinajstić information content (AvgIpc) is 2.14. The Morgan fingerprint density at radius 3 is 3.00 bits per heavy atom. The Hall–Kier alpha value is -0.0366. The zero-order valence-electron chi connectivity index (χ0n) is 3.68. The molecule has 0 spiro atoms. The minimum atomic E-state index is 0.743. The quantitative estimate of drug-likeness (QED) is 0.518. The Kier molecular flexibility index (Phi) is 1.69. The van der Waals surface area contributed by atoms with E-state index in [1.165, 1.54) is 0 Å². The van der Waals surface area contributed by atoms with E-state index in [1.807, 2.05) is 0 Å². The van der Waals surface area contributed by atoms with Crippen LogP contribution in [0.15, 0.2) is 4.99 Å². The summed E-state index contributed by atoms with van der Waals surface area (Å²) >= 11 is 2.61. The fraction of sp³-hybridized carbons (Fsp3) is 0.500. The molecule has 0 bridgehead atoms. The van der Waals surface area contributed by atoms with Crippen molar-refractivity contribution < 1.29 is 22.6 Å². The van der Waals surface area contributed by atoms with Gasteiger partial charge in [0.25, 0.3) is 0 Å². The van der Waals surface area contributed by atoms with Gasteiger partial charge in [-0.15, -0.1) is 0 Å². The Labute approximate surface area is 51.8 Å². The first-order valence-corrected chi connectivity index (χ1v) is 2.96. The number of rotatable bonds is 1. The molecule has 0 saturated heterocycles. The molecule has 1 aliphatic rings. The molecule has 7 heavy (non-hydrogen) atoms. The molecule has 0 atom stereocenters. The monoisotopic (exact) mass is 186 g/mol. The SMILES string of the molecule is [Rh]=[CH]C1=NCCO1. The van der Waals surface area contributed by atoms with E-state index in [4.69, 9.17) is 4.74 Å². The van der Waals surface area contributed by atoms with Gasteiger partial charge in [0.05, 0.1) is 0 Å². The van der Waals surface area contributed by atoms with E-state index in [0.717, 1.165) is 19.0 Å². The van der Waals surface area contributed by atoms with Gasteiger partial charge in [-0.05, 0) is 0 Å². The normalized spacial score (nSPS) is 18.1. The Bertz CT molecular complexity index is 110. The molecule has 0 N–H and O–H groups in total. The number of hydrogen-bond donors (Lipinski definition) is 0. The van der Waals surface area contributed by atoms with E-state index in [0.29, 0.717) is 0 Å². The van der Waals surface area contributed by atoms with Gasteiger partial charge in [0.2, 0.25) is 0 Å². The predicted octanol–water partition coefficient (Wildman–Crippen LogP) is -0.236. The topological polar surface area (TPSA) is 21.6 Å². The van der Waals surface area contributed by atoms with Gasteiger partial charge in [-0.1, -0.05) is 0 Å². The molecule has 3 heteroatoms. The predicted molar refractivity (Wildman–Crippen MR) is 24.3 cm³/mol. The Morgan fingerprint density at radius 1 is 1.86 bits per heavy atom. The standard InChI is InChI=1S/C4H5NO.Rh/c1-4-5-2-3-6-4;/h1H,2-3H2;. The summed E-state index contributed by atoms with van der Waals surface area (Å²) in [5.74, 6) is 0.743. The third kappa shape index (κ3) is 1.17. The molecule has 41 valence electrons. The Balaban J connectivity index is 2.51. The summed E-state index contributed by atoms with van der Waals surface area (Å²) in [5, 5.41) is 0. The molecule has 0 aliphatic carbocycles. The summed E-state index contributed by atoms with van der Waals surface area (Å²) in [5.41, 5.74) is 0. The second kappa shape index (κ2) is 2.32. The van der Waals surface area contributed by atoms with Crippen molar-refractivity contribution in [3.8, 4) is 0 Å². The van der Waals surface area contributed by atoms with Crippen LogP contribution < -0.4 is 0 Å². The molecular formula is C4H5NORh. The van der Waals surface area contributed by atoms with Crippen LogP contribution in [0.1, 0.15) is 0 Å². The third-order valence-corrected chi connectivity index (χ3v) is 1.10. The number of hydrogen-bond acceptors (Lipinski definition) is 2. The number of ether oxygens (including phenoxy) is 1. The Morgan fingerprint density at radius 2 is 2.71 bits per heavy atom. The van der Waals surface area contributed by atoms with Crippen LogP contribution >= 0.6 is 0 Å². The molecule has 2 nitrogen and oxygen atoms in total. The molecule has 0 unspecified atom stereocenters. The molecule has 0 fully saturated rings. The molecule has 0 radical (unpaired) electrons. The summed E-state index contributed by atoms with van der Waals surface area (Å²) in [6.07, 6.45) is 0. The van der Waals surface area contributed by atoms with Crippen molar-refractivity contribution >= 4 is 10.5 Å². The van der Waals surface area contributed by atoms with Gasteiger partial charge in [-0.25, -0.2) is 0 Å². The molecular weight excluding hydrogens is 181 g/mol. The van der Waals surface area contributed by atoms with Gasteiger partial charge in [0.1, 0.15) is 0 Å². The van der Waals surface area contributed by atoms with Gasteiger partial charge in [0, 0.05) is 0 Å². The fourth-order valence-electron chi connectivity index (χ4n) is 0.410. The summed E-state index contributed by atoms with van der Waals surface area (Å²) in [4.78, 5) is 3.97. The van der Waals surface area contributed by atoms with Crippen molar-refractivity contribution in [2.24, 2.45) is 4.99 Å². The van der Waals surface area contributed by atoms with Crippen LogP contribution in [-0.4, -0.2) is 23.7 Å². The summed E-state index contributed by atoms with van der Waals surface area (Å²) in [6, 6.07) is 0. The first-order chi connectivity index (χ1) is 3.43. The molecule has 1 heterocycles. The molecule has 0 amide bonds. The van der Waals surface area contributed by atoms with Crippen LogP contribution in [0.25, 0.3) is 0 Å². The van der Waals surface area contributed by atoms with Crippen molar-refractivity contribution in [2.45, 2.75) is 0 Å². The summed E-state index contributed by atoms with van der Waals surface area (Å²) < 4.78 is 6.73. The molecule has 0 aromatic heterocycles. The first-order valence-electron chi connectivity index (χ1n) is 2.01. The summed E-state index contributed by atoms with van der Waals surface area (Å²) in [7, 11) is 0. The van der Waals surface area contributed by atoms with E-state index < -0.39 is 0 Å². The molecule has 1 aliphatic heterocycles. The van der Waals surface area contributed by atoms with E-state index in [1.54, 1.807) is 4.61 Å². The van der Waals surface area contributed by atoms with E-state index in [9.17, 15) is 0 Å². The van der Waals surface area contributed by atoms with Gasteiger partial charge < -0.3 is 0 Å². The van der Waals surface area contributed by atoms with Gasteiger partial charge in [0.15, 0.2) is 0 Å². The van der Waals surface area contributed by atoms with Crippen LogP contribution in [0.2, 0.25) is 0 Å². The average molecular weight is 186 g/mol. The van der Waals surface area contributed by atoms with Crippen LogP contribution in [0.4, 0.5) is 0 Å². The van der Waals surface area contributed by atoms with Gasteiger partial charge >= 0.3 is 51.2 Å². The third-order valence-electron chi connectivity index (χ3n) is 0.691. The second-order valence-electron chi connectivity index (χ2n) is 1.16. The zero-order valence-corrected chi connectivity index (χ0v) is 5.32. The second-order valence-corrected chi connectivity index (χ2v) is 1.64.